The molecule has 0 fully saturated rings. The number of urea groups is 1. The van der Waals surface area contributed by atoms with Gasteiger partial charge in [0, 0.05) is 17.1 Å². The number of aryl methyl sites for hydroxylation is 2. The van der Waals surface area contributed by atoms with Gasteiger partial charge in [0.05, 0.1) is 0 Å². The number of nitrogens with one attached hydrogen (secondary N) is 3. The minimum atomic E-state index is -0.397. The fraction of sp³-hybridized carbons (Fsp3) is 0.227. The lowest BCUT2D eigenvalue weighted by Gasteiger charge is -2.12. The summed E-state index contributed by atoms with van der Waals surface area (Å²) in [5.74, 6) is -0.242. The summed E-state index contributed by atoms with van der Waals surface area (Å²) in [7, 11) is 0. The van der Waals surface area contributed by atoms with E-state index in [9.17, 15) is 9.59 Å². The number of amides is 3. The van der Waals surface area contributed by atoms with E-state index in [1.807, 2.05) is 56.3 Å². The van der Waals surface area contributed by atoms with Gasteiger partial charge in [-0.1, -0.05) is 48.0 Å². The molecule has 0 bridgehead atoms. The highest BCUT2D eigenvalue weighted by Crippen LogP contribution is 2.17. The van der Waals surface area contributed by atoms with Gasteiger partial charge < -0.3 is 10.6 Å². The molecule has 0 aliphatic carbocycles. The first-order valence-electron chi connectivity index (χ1n) is 9.44. The lowest BCUT2D eigenvalue weighted by atomic mass is 10.1. The van der Waals surface area contributed by atoms with Crippen LogP contribution in [-0.2, 0) is 6.42 Å². The molecule has 1 atom stereocenters. The van der Waals surface area contributed by atoms with Crippen molar-refractivity contribution in [2.75, 3.05) is 10.6 Å². The molecule has 2 aromatic carbocycles. The van der Waals surface area contributed by atoms with Crippen LogP contribution < -0.4 is 16.0 Å². The van der Waals surface area contributed by atoms with Crippen molar-refractivity contribution in [3.63, 3.8) is 0 Å². The number of nitrogens with zero attached hydrogens (tertiary/aromatic N) is 1. The van der Waals surface area contributed by atoms with Crippen LogP contribution in [0.2, 0.25) is 0 Å². The van der Waals surface area contributed by atoms with Crippen LogP contribution in [0.25, 0.3) is 0 Å². The first kappa shape index (κ1) is 20.5. The van der Waals surface area contributed by atoms with E-state index in [0.717, 1.165) is 18.4 Å². The Hall–Kier alpha value is -3.19. The summed E-state index contributed by atoms with van der Waals surface area (Å²) in [6.45, 7) is 3.95. The van der Waals surface area contributed by atoms with Crippen molar-refractivity contribution in [1.82, 2.24) is 10.3 Å². The van der Waals surface area contributed by atoms with E-state index in [1.54, 1.807) is 5.38 Å². The summed E-state index contributed by atoms with van der Waals surface area (Å²) in [5.41, 5.74) is 3.35. The predicted molar refractivity (Wildman–Crippen MR) is 118 cm³/mol. The average molecular weight is 409 g/mol. The van der Waals surface area contributed by atoms with Gasteiger partial charge in [-0.2, -0.15) is 0 Å². The number of anilines is 2. The molecule has 3 aromatic rings. The molecule has 0 aliphatic rings. The maximum absolute atomic E-state index is 12.4. The van der Waals surface area contributed by atoms with E-state index in [4.69, 9.17) is 0 Å². The highest BCUT2D eigenvalue weighted by atomic mass is 32.1. The van der Waals surface area contributed by atoms with Crippen LogP contribution in [0.15, 0.2) is 60.0 Å². The van der Waals surface area contributed by atoms with Crippen LogP contribution >= 0.6 is 11.3 Å². The molecule has 0 radical (unpaired) electrons. The quantitative estimate of drug-likeness (QED) is 0.523. The maximum Gasteiger partial charge on any atom is 0.325 e. The average Bonchev–Trinajstić information content (AvgIpc) is 3.17. The summed E-state index contributed by atoms with van der Waals surface area (Å²) in [4.78, 5) is 28.7. The van der Waals surface area contributed by atoms with E-state index in [-0.39, 0.29) is 11.9 Å². The summed E-state index contributed by atoms with van der Waals surface area (Å²) in [5, 5.41) is 10.4. The molecule has 1 heterocycles. The lowest BCUT2D eigenvalue weighted by molar-refractivity contribution is 0.0934. The first-order valence-corrected chi connectivity index (χ1v) is 10.3. The summed E-state index contributed by atoms with van der Waals surface area (Å²) >= 11 is 1.21. The van der Waals surface area contributed by atoms with Crippen molar-refractivity contribution in [3.05, 3.63) is 76.8 Å². The minimum Gasteiger partial charge on any atom is -0.348 e. The second kappa shape index (κ2) is 9.84. The van der Waals surface area contributed by atoms with E-state index in [2.05, 4.69) is 33.1 Å². The fourth-order valence-electron chi connectivity index (χ4n) is 2.73. The largest absolute Gasteiger partial charge is 0.348 e. The van der Waals surface area contributed by atoms with Crippen molar-refractivity contribution < 1.29 is 9.59 Å². The molecular weight excluding hydrogens is 384 g/mol. The summed E-state index contributed by atoms with van der Waals surface area (Å²) in [6, 6.07) is 17.3. The summed E-state index contributed by atoms with van der Waals surface area (Å²) < 4.78 is 0. The van der Waals surface area contributed by atoms with E-state index >= 15 is 0 Å². The van der Waals surface area contributed by atoms with Crippen LogP contribution in [0.1, 0.15) is 35.0 Å². The number of carbonyl (C=O) groups is 2. The molecular formula is C22H24N4O2S. The Morgan fingerprint density at radius 2 is 1.76 bits per heavy atom. The lowest BCUT2D eigenvalue weighted by Crippen LogP contribution is -2.33. The van der Waals surface area contributed by atoms with Gasteiger partial charge in [0.1, 0.15) is 5.69 Å². The predicted octanol–water partition coefficient (Wildman–Crippen LogP) is 4.85. The van der Waals surface area contributed by atoms with Gasteiger partial charge >= 0.3 is 6.03 Å². The minimum absolute atomic E-state index is 0.0191. The molecule has 3 amide bonds. The molecule has 0 aliphatic heterocycles. The Morgan fingerprint density at radius 3 is 2.48 bits per heavy atom. The zero-order chi connectivity index (χ0) is 20.6. The molecule has 6 nitrogen and oxygen atoms in total. The molecule has 3 N–H and O–H groups in total. The van der Waals surface area contributed by atoms with Gasteiger partial charge in [0.15, 0.2) is 5.13 Å². The molecule has 7 heteroatoms. The third kappa shape index (κ3) is 6.43. The Balaban J connectivity index is 1.47. The zero-order valence-electron chi connectivity index (χ0n) is 16.4. The molecule has 3 rings (SSSR count). The Morgan fingerprint density at radius 1 is 1.03 bits per heavy atom. The first-order chi connectivity index (χ1) is 14.0. The Labute approximate surface area is 174 Å². The third-order valence-electron chi connectivity index (χ3n) is 4.35. The van der Waals surface area contributed by atoms with Crippen LogP contribution in [0.4, 0.5) is 15.6 Å². The standard InChI is InChI=1S/C22H24N4O2S/c1-15-8-12-18(13-9-15)24-21(28)26-22-25-19(14-29-22)20(27)23-16(2)10-11-17-6-4-3-5-7-17/h3-9,12-14,16H,10-11H2,1-2H3,(H,23,27)(H2,24,25,26,28)/t16-/m1/s1. The maximum atomic E-state index is 12.4. The van der Waals surface area contributed by atoms with Crippen LogP contribution in [0, 0.1) is 6.92 Å². The number of carbonyl (C=O) groups excluding carboxylic acids is 2. The van der Waals surface area contributed by atoms with Crippen LogP contribution in [0.5, 0.6) is 0 Å². The third-order valence-corrected chi connectivity index (χ3v) is 5.11. The number of hydrogen-bond donors (Lipinski definition) is 3. The van der Waals surface area contributed by atoms with Crippen molar-refractivity contribution in [3.8, 4) is 0 Å². The number of thiazole rings is 1. The van der Waals surface area contributed by atoms with Gasteiger partial charge in [0.25, 0.3) is 5.91 Å². The Kier molecular flexibility index (Phi) is 6.97. The second-order valence-corrected chi connectivity index (χ2v) is 7.74. The van der Waals surface area contributed by atoms with Gasteiger partial charge in [-0.3, -0.25) is 10.1 Å². The normalized spacial score (nSPS) is 11.5. The molecule has 0 saturated heterocycles. The molecule has 0 saturated carbocycles. The zero-order valence-corrected chi connectivity index (χ0v) is 17.3. The van der Waals surface area contributed by atoms with Crippen LogP contribution in [0.3, 0.4) is 0 Å². The van der Waals surface area contributed by atoms with E-state index in [1.165, 1.54) is 16.9 Å². The Bertz CT molecular complexity index is 954. The van der Waals surface area contributed by atoms with E-state index < -0.39 is 6.03 Å². The van der Waals surface area contributed by atoms with Crippen molar-refractivity contribution in [2.24, 2.45) is 0 Å². The van der Waals surface area contributed by atoms with E-state index in [0.29, 0.717) is 16.5 Å². The van der Waals surface area contributed by atoms with Gasteiger partial charge in [0.2, 0.25) is 0 Å². The molecule has 0 spiro atoms. The van der Waals surface area contributed by atoms with Crippen molar-refractivity contribution >= 4 is 34.1 Å². The topological polar surface area (TPSA) is 83.1 Å². The fourth-order valence-corrected chi connectivity index (χ4v) is 3.42. The molecule has 29 heavy (non-hydrogen) atoms. The van der Waals surface area contributed by atoms with Gasteiger partial charge in [-0.15, -0.1) is 11.3 Å². The second-order valence-electron chi connectivity index (χ2n) is 6.88. The van der Waals surface area contributed by atoms with Crippen LogP contribution in [-0.4, -0.2) is 23.0 Å². The molecule has 0 unspecified atom stereocenters. The van der Waals surface area contributed by atoms with Gasteiger partial charge in [-0.25, -0.2) is 9.78 Å². The smallest absolute Gasteiger partial charge is 0.325 e. The monoisotopic (exact) mass is 408 g/mol. The molecule has 1 aromatic heterocycles. The number of aromatic nitrogens is 1. The SMILES string of the molecule is Cc1ccc(NC(=O)Nc2nc(C(=O)N[C@H](C)CCc3ccccc3)cs2)cc1. The highest BCUT2D eigenvalue weighted by Gasteiger charge is 2.15. The van der Waals surface area contributed by atoms with Crippen molar-refractivity contribution in [1.29, 1.82) is 0 Å². The van der Waals surface area contributed by atoms with Crippen molar-refractivity contribution in [2.45, 2.75) is 32.7 Å². The number of hydrogen-bond acceptors (Lipinski definition) is 4. The highest BCUT2D eigenvalue weighted by molar-refractivity contribution is 7.14. The molecule has 150 valence electrons. The van der Waals surface area contributed by atoms with Gasteiger partial charge in [-0.05, 0) is 44.4 Å². The number of rotatable bonds is 7. The number of benzene rings is 2. The summed E-state index contributed by atoms with van der Waals surface area (Å²) in [6.07, 6.45) is 1.73.